The lowest BCUT2D eigenvalue weighted by atomic mass is 10.1. The zero-order chi connectivity index (χ0) is 13.8. The molecule has 1 aliphatic rings. The highest BCUT2D eigenvalue weighted by atomic mass is 32.2. The second kappa shape index (κ2) is 6.39. The summed E-state index contributed by atoms with van der Waals surface area (Å²) in [6, 6.07) is 7.92. The van der Waals surface area contributed by atoms with Crippen LogP contribution in [0.3, 0.4) is 0 Å². The number of benzene rings is 1. The number of aliphatic hydroxyl groups is 1. The molecule has 2 aromatic rings. The summed E-state index contributed by atoms with van der Waals surface area (Å²) in [4.78, 5) is 5.57. The molecule has 0 bridgehead atoms. The van der Waals surface area contributed by atoms with Gasteiger partial charge in [-0.05, 0) is 30.7 Å². The van der Waals surface area contributed by atoms with Crippen LogP contribution in [0.5, 0.6) is 0 Å². The number of aromatic nitrogens is 2. The summed E-state index contributed by atoms with van der Waals surface area (Å²) in [6.07, 6.45) is 0.954. The summed E-state index contributed by atoms with van der Waals surface area (Å²) in [5.74, 6) is 2.24. The quantitative estimate of drug-likeness (QED) is 0.853. The third-order valence-electron chi connectivity index (χ3n) is 3.20. The number of rotatable bonds is 5. The van der Waals surface area contributed by atoms with Crippen molar-refractivity contribution in [2.45, 2.75) is 17.2 Å². The van der Waals surface area contributed by atoms with Gasteiger partial charge in [0, 0.05) is 28.7 Å². The summed E-state index contributed by atoms with van der Waals surface area (Å²) in [5, 5.41) is 12.8. The average molecular weight is 292 g/mol. The lowest BCUT2D eigenvalue weighted by Crippen LogP contribution is -1.99. The summed E-state index contributed by atoms with van der Waals surface area (Å²) >= 11 is 1.62. The first-order valence-electron chi connectivity index (χ1n) is 6.62. The van der Waals surface area contributed by atoms with Gasteiger partial charge in [0.1, 0.15) is 0 Å². The van der Waals surface area contributed by atoms with Crippen LogP contribution in [-0.2, 0) is 4.74 Å². The summed E-state index contributed by atoms with van der Waals surface area (Å²) in [5.41, 5.74) is 0.913. The van der Waals surface area contributed by atoms with E-state index in [4.69, 9.17) is 14.4 Å². The number of nitrogens with zero attached hydrogens (tertiary/aromatic N) is 2. The third-order valence-corrected chi connectivity index (χ3v) is 4.19. The van der Waals surface area contributed by atoms with Crippen LogP contribution in [0.15, 0.2) is 33.7 Å². The molecule has 0 amide bonds. The highest BCUT2D eigenvalue weighted by Crippen LogP contribution is 2.27. The van der Waals surface area contributed by atoms with Crippen molar-refractivity contribution in [2.24, 2.45) is 0 Å². The van der Waals surface area contributed by atoms with Crippen molar-refractivity contribution in [3.05, 3.63) is 30.1 Å². The molecule has 1 aromatic carbocycles. The molecular weight excluding hydrogens is 276 g/mol. The summed E-state index contributed by atoms with van der Waals surface area (Å²) in [6.45, 7) is 1.63. The Morgan fingerprint density at radius 3 is 2.85 bits per heavy atom. The Hall–Kier alpha value is -1.37. The van der Waals surface area contributed by atoms with Crippen LogP contribution >= 0.6 is 11.8 Å². The van der Waals surface area contributed by atoms with Gasteiger partial charge in [-0.3, -0.25) is 0 Å². The molecule has 2 heterocycles. The predicted molar refractivity (Wildman–Crippen MR) is 75.7 cm³/mol. The van der Waals surface area contributed by atoms with Crippen molar-refractivity contribution in [1.29, 1.82) is 0 Å². The van der Waals surface area contributed by atoms with Crippen LogP contribution in [0.2, 0.25) is 0 Å². The Morgan fingerprint density at radius 2 is 2.15 bits per heavy atom. The van der Waals surface area contributed by atoms with Gasteiger partial charge in [-0.25, -0.2) is 0 Å². The van der Waals surface area contributed by atoms with Gasteiger partial charge in [-0.1, -0.05) is 5.16 Å². The van der Waals surface area contributed by atoms with Crippen LogP contribution in [0.4, 0.5) is 0 Å². The topological polar surface area (TPSA) is 68.4 Å². The van der Waals surface area contributed by atoms with E-state index in [1.807, 2.05) is 24.3 Å². The van der Waals surface area contributed by atoms with Gasteiger partial charge < -0.3 is 14.4 Å². The fourth-order valence-electron chi connectivity index (χ4n) is 2.11. The molecule has 20 heavy (non-hydrogen) atoms. The van der Waals surface area contributed by atoms with Crippen molar-refractivity contribution in [2.75, 3.05) is 25.6 Å². The maximum absolute atomic E-state index is 8.80. The normalized spacial score (nSPS) is 18.6. The number of thioether (sulfide) groups is 1. The Kier molecular flexibility index (Phi) is 4.34. The molecule has 106 valence electrons. The molecule has 1 N–H and O–H groups in total. The van der Waals surface area contributed by atoms with E-state index in [1.54, 1.807) is 11.8 Å². The second-order valence-corrected chi connectivity index (χ2v) is 5.78. The highest BCUT2D eigenvalue weighted by molar-refractivity contribution is 7.99. The number of hydrogen-bond donors (Lipinski definition) is 1. The smallest absolute Gasteiger partial charge is 0.257 e. The zero-order valence-electron chi connectivity index (χ0n) is 11.0. The van der Waals surface area contributed by atoms with Crippen molar-refractivity contribution in [3.63, 3.8) is 0 Å². The van der Waals surface area contributed by atoms with Gasteiger partial charge in [0.15, 0.2) is 5.82 Å². The predicted octanol–water partition coefficient (Wildman–Crippen LogP) is 2.32. The SMILES string of the molecule is OCCSc1ccc(-c2nc([C@@H]3CCOC3)no2)cc1. The van der Waals surface area contributed by atoms with Gasteiger partial charge in [0.05, 0.1) is 13.2 Å². The van der Waals surface area contributed by atoms with Crippen molar-refractivity contribution < 1.29 is 14.4 Å². The maximum Gasteiger partial charge on any atom is 0.257 e. The maximum atomic E-state index is 8.80. The van der Waals surface area contributed by atoms with E-state index < -0.39 is 0 Å². The van der Waals surface area contributed by atoms with Gasteiger partial charge in [0.2, 0.25) is 0 Å². The van der Waals surface area contributed by atoms with Crippen molar-refractivity contribution in [1.82, 2.24) is 10.1 Å². The number of aliphatic hydroxyl groups excluding tert-OH is 1. The lowest BCUT2D eigenvalue weighted by molar-refractivity contribution is 0.192. The Labute approximate surface area is 121 Å². The molecule has 0 unspecified atom stereocenters. The molecule has 0 saturated carbocycles. The van der Waals surface area contributed by atoms with E-state index >= 15 is 0 Å². The molecule has 5 nitrogen and oxygen atoms in total. The van der Waals surface area contributed by atoms with Crippen molar-refractivity contribution >= 4 is 11.8 Å². The van der Waals surface area contributed by atoms with Crippen LogP contribution < -0.4 is 0 Å². The second-order valence-electron chi connectivity index (χ2n) is 4.61. The molecular formula is C14H16N2O3S. The Bertz CT molecular complexity index is 550. The van der Waals surface area contributed by atoms with Crippen LogP contribution in [0.1, 0.15) is 18.2 Å². The van der Waals surface area contributed by atoms with E-state index in [-0.39, 0.29) is 12.5 Å². The Morgan fingerprint density at radius 1 is 1.30 bits per heavy atom. The van der Waals surface area contributed by atoms with Crippen LogP contribution in [0.25, 0.3) is 11.5 Å². The van der Waals surface area contributed by atoms with Gasteiger partial charge in [-0.15, -0.1) is 11.8 Å². The minimum absolute atomic E-state index is 0.183. The number of ether oxygens (including phenoxy) is 1. The fourth-order valence-corrected chi connectivity index (χ4v) is 2.77. The monoisotopic (exact) mass is 292 g/mol. The standard InChI is InChI=1S/C14H16N2O3S/c17-6-8-20-12-3-1-10(2-4-12)14-15-13(16-19-14)11-5-7-18-9-11/h1-4,11,17H,5-9H2/t11-/m1/s1. The molecule has 1 saturated heterocycles. The lowest BCUT2D eigenvalue weighted by Gasteiger charge is -2.00. The largest absolute Gasteiger partial charge is 0.396 e. The van der Waals surface area contributed by atoms with E-state index in [1.165, 1.54) is 0 Å². The average Bonchev–Trinajstić information content (AvgIpc) is 3.16. The molecule has 0 radical (unpaired) electrons. The molecule has 1 aliphatic heterocycles. The van der Waals surface area contributed by atoms with Crippen LogP contribution in [0, 0.1) is 0 Å². The first-order valence-corrected chi connectivity index (χ1v) is 7.61. The molecule has 1 atom stereocenters. The summed E-state index contributed by atoms with van der Waals surface area (Å²) in [7, 11) is 0. The first kappa shape index (κ1) is 13.6. The molecule has 1 fully saturated rings. The molecule has 3 rings (SSSR count). The van der Waals surface area contributed by atoms with Gasteiger partial charge in [0.25, 0.3) is 5.89 Å². The summed E-state index contributed by atoms with van der Waals surface area (Å²) < 4.78 is 10.7. The van der Waals surface area contributed by atoms with E-state index in [9.17, 15) is 0 Å². The molecule has 0 aliphatic carbocycles. The zero-order valence-corrected chi connectivity index (χ0v) is 11.8. The molecule has 6 heteroatoms. The highest BCUT2D eigenvalue weighted by Gasteiger charge is 2.23. The van der Waals surface area contributed by atoms with Crippen molar-refractivity contribution in [3.8, 4) is 11.5 Å². The molecule has 1 aromatic heterocycles. The minimum Gasteiger partial charge on any atom is -0.396 e. The van der Waals surface area contributed by atoms with Gasteiger partial charge >= 0.3 is 0 Å². The fraction of sp³-hybridized carbons (Fsp3) is 0.429. The minimum atomic E-state index is 0.183. The first-order chi connectivity index (χ1) is 9.86. The van der Waals surface area contributed by atoms with Gasteiger partial charge in [-0.2, -0.15) is 4.98 Å². The van der Waals surface area contributed by atoms with E-state index in [0.717, 1.165) is 29.3 Å². The Balaban J connectivity index is 1.72. The van der Waals surface area contributed by atoms with Crippen LogP contribution in [-0.4, -0.2) is 40.8 Å². The molecule has 0 spiro atoms. The third kappa shape index (κ3) is 3.03. The van der Waals surface area contributed by atoms with E-state index in [2.05, 4.69) is 10.1 Å². The van der Waals surface area contributed by atoms with E-state index in [0.29, 0.717) is 18.3 Å². The number of hydrogen-bond acceptors (Lipinski definition) is 6.